The first-order chi connectivity index (χ1) is 17.4. The second kappa shape index (κ2) is 8.89. The zero-order valence-electron chi connectivity index (χ0n) is 19.9. The standard InChI is InChI=1S/C27H24N4O5/c1-35-26(33)22-21(15-7-4-3-5-8-15)18(13-28)24(29)31(23(22)27(34)36-2)20-10-6-9-17-19(20)14-30(25(17)32)16-11-12-16/h3-10,16,21H,11-12,14,29H2,1-2H3. The Hall–Kier alpha value is -4.58. The van der Waals surface area contributed by atoms with Crippen molar-refractivity contribution in [2.24, 2.45) is 5.73 Å². The topological polar surface area (TPSA) is 126 Å². The Bertz CT molecular complexity index is 1380. The molecule has 0 radical (unpaired) electrons. The molecule has 2 N–H and O–H groups in total. The molecule has 0 bridgehead atoms. The number of esters is 2. The van der Waals surface area contributed by atoms with Crippen LogP contribution < -0.4 is 10.6 Å². The highest BCUT2D eigenvalue weighted by Crippen LogP contribution is 2.46. The minimum atomic E-state index is -0.949. The lowest BCUT2D eigenvalue weighted by Crippen LogP contribution is -2.41. The molecule has 2 aromatic carbocycles. The SMILES string of the molecule is COC(=O)C1=C(C(=O)OC)N(c2cccc3c2CN(C2CC2)C3=O)C(N)=C(C#N)C1c1ccccc1. The van der Waals surface area contributed by atoms with E-state index in [1.807, 2.05) is 0 Å². The summed E-state index contributed by atoms with van der Waals surface area (Å²) in [6, 6.07) is 16.3. The van der Waals surface area contributed by atoms with E-state index < -0.39 is 17.9 Å². The predicted octanol–water partition coefficient (Wildman–Crippen LogP) is 2.70. The van der Waals surface area contributed by atoms with Crippen molar-refractivity contribution in [3.63, 3.8) is 0 Å². The van der Waals surface area contributed by atoms with Crippen molar-refractivity contribution >= 4 is 23.5 Å². The van der Waals surface area contributed by atoms with Gasteiger partial charge in [-0.25, -0.2) is 9.59 Å². The summed E-state index contributed by atoms with van der Waals surface area (Å²) in [6.45, 7) is 0.338. The number of methoxy groups -OCH3 is 2. The summed E-state index contributed by atoms with van der Waals surface area (Å²) in [7, 11) is 2.41. The number of carbonyl (C=O) groups is 3. The van der Waals surface area contributed by atoms with E-state index in [0.717, 1.165) is 12.8 Å². The number of benzene rings is 2. The maximum absolute atomic E-state index is 13.3. The van der Waals surface area contributed by atoms with Crippen LogP contribution in [0.2, 0.25) is 0 Å². The summed E-state index contributed by atoms with van der Waals surface area (Å²) >= 11 is 0. The van der Waals surface area contributed by atoms with E-state index in [-0.39, 0.29) is 34.6 Å². The molecule has 1 aliphatic carbocycles. The van der Waals surface area contributed by atoms with Crippen LogP contribution in [0.15, 0.2) is 71.2 Å². The second-order valence-electron chi connectivity index (χ2n) is 8.80. The normalized spacial score (nSPS) is 19.2. The largest absolute Gasteiger partial charge is 0.466 e. The number of amides is 1. The van der Waals surface area contributed by atoms with Crippen molar-refractivity contribution in [1.29, 1.82) is 5.26 Å². The molecule has 3 aliphatic rings. The van der Waals surface area contributed by atoms with Crippen molar-refractivity contribution < 1.29 is 23.9 Å². The molecule has 9 heteroatoms. The van der Waals surface area contributed by atoms with Crippen LogP contribution in [0.3, 0.4) is 0 Å². The van der Waals surface area contributed by atoms with Crippen LogP contribution in [0, 0.1) is 11.3 Å². The van der Waals surface area contributed by atoms with Gasteiger partial charge in [0.15, 0.2) is 0 Å². The van der Waals surface area contributed by atoms with E-state index in [9.17, 15) is 19.6 Å². The fourth-order valence-corrected chi connectivity index (χ4v) is 4.99. The number of ether oxygens (including phenoxy) is 2. The van der Waals surface area contributed by atoms with Crippen molar-refractivity contribution in [2.45, 2.75) is 31.3 Å². The molecule has 182 valence electrons. The average molecular weight is 485 g/mol. The Morgan fingerprint density at radius 1 is 1.03 bits per heavy atom. The van der Waals surface area contributed by atoms with E-state index >= 15 is 0 Å². The zero-order valence-corrected chi connectivity index (χ0v) is 19.9. The fourth-order valence-electron chi connectivity index (χ4n) is 4.99. The van der Waals surface area contributed by atoms with Gasteiger partial charge in [0.2, 0.25) is 0 Å². The van der Waals surface area contributed by atoms with E-state index in [1.165, 1.54) is 19.1 Å². The molecule has 1 atom stereocenters. The van der Waals surface area contributed by atoms with Crippen LogP contribution in [0.25, 0.3) is 0 Å². The van der Waals surface area contributed by atoms with Crippen LogP contribution in [0.1, 0.15) is 40.2 Å². The third-order valence-corrected chi connectivity index (χ3v) is 6.81. The maximum atomic E-state index is 13.3. The molecule has 1 fully saturated rings. The highest BCUT2D eigenvalue weighted by molar-refractivity contribution is 6.07. The predicted molar refractivity (Wildman–Crippen MR) is 129 cm³/mol. The van der Waals surface area contributed by atoms with Crippen LogP contribution in [0.5, 0.6) is 0 Å². The van der Waals surface area contributed by atoms with Gasteiger partial charge in [-0.15, -0.1) is 0 Å². The average Bonchev–Trinajstić information content (AvgIpc) is 3.70. The van der Waals surface area contributed by atoms with E-state index in [2.05, 4.69) is 6.07 Å². The van der Waals surface area contributed by atoms with Gasteiger partial charge < -0.3 is 20.1 Å². The second-order valence-corrected chi connectivity index (χ2v) is 8.80. The smallest absolute Gasteiger partial charge is 0.355 e. The summed E-state index contributed by atoms with van der Waals surface area (Å²) in [4.78, 5) is 42.7. The molecule has 1 unspecified atom stereocenters. The third kappa shape index (κ3) is 3.50. The molecule has 2 aliphatic heterocycles. The van der Waals surface area contributed by atoms with Gasteiger partial charge in [0.1, 0.15) is 11.5 Å². The van der Waals surface area contributed by atoms with E-state index in [0.29, 0.717) is 28.9 Å². The van der Waals surface area contributed by atoms with Gasteiger partial charge in [-0.3, -0.25) is 9.69 Å². The Morgan fingerprint density at radius 2 is 1.72 bits per heavy atom. The number of hydrogen-bond donors (Lipinski definition) is 1. The van der Waals surface area contributed by atoms with Gasteiger partial charge in [0.05, 0.1) is 43.0 Å². The first kappa shape index (κ1) is 23.2. The Kier molecular flexibility index (Phi) is 5.72. The summed E-state index contributed by atoms with van der Waals surface area (Å²) in [5, 5.41) is 10.2. The molecular formula is C27H24N4O5. The number of nitrogens with zero attached hydrogens (tertiary/aromatic N) is 3. The molecule has 36 heavy (non-hydrogen) atoms. The van der Waals surface area contributed by atoms with Gasteiger partial charge in [0.25, 0.3) is 5.91 Å². The molecule has 9 nitrogen and oxygen atoms in total. The summed E-state index contributed by atoms with van der Waals surface area (Å²) in [5.41, 5.74) is 8.65. The van der Waals surface area contributed by atoms with Crippen molar-refractivity contribution in [2.75, 3.05) is 19.1 Å². The number of nitrogens with two attached hydrogens (primary N) is 1. The third-order valence-electron chi connectivity index (χ3n) is 6.81. The monoisotopic (exact) mass is 484 g/mol. The zero-order chi connectivity index (χ0) is 25.6. The summed E-state index contributed by atoms with van der Waals surface area (Å²) in [6.07, 6.45) is 1.88. The lowest BCUT2D eigenvalue weighted by Gasteiger charge is -2.36. The highest BCUT2D eigenvalue weighted by atomic mass is 16.5. The van der Waals surface area contributed by atoms with E-state index in [1.54, 1.807) is 53.4 Å². The van der Waals surface area contributed by atoms with Gasteiger partial charge in [-0.05, 0) is 30.5 Å². The first-order valence-electron chi connectivity index (χ1n) is 11.5. The molecular weight excluding hydrogens is 460 g/mol. The lowest BCUT2D eigenvalue weighted by molar-refractivity contribution is -0.139. The first-order valence-corrected chi connectivity index (χ1v) is 11.5. The quantitative estimate of drug-likeness (QED) is 0.642. The van der Waals surface area contributed by atoms with Gasteiger partial charge in [0, 0.05) is 23.7 Å². The molecule has 0 spiro atoms. The molecule has 2 heterocycles. The van der Waals surface area contributed by atoms with Gasteiger partial charge in [-0.2, -0.15) is 5.26 Å². The highest BCUT2D eigenvalue weighted by Gasteiger charge is 2.45. The van der Waals surface area contributed by atoms with Crippen molar-refractivity contribution in [3.05, 3.63) is 87.9 Å². The molecule has 5 rings (SSSR count). The van der Waals surface area contributed by atoms with E-state index in [4.69, 9.17) is 15.2 Å². The van der Waals surface area contributed by atoms with Gasteiger partial charge >= 0.3 is 11.9 Å². The Morgan fingerprint density at radius 3 is 2.33 bits per heavy atom. The number of fused-ring (bicyclic) bond motifs is 1. The van der Waals surface area contributed by atoms with Gasteiger partial charge in [-0.1, -0.05) is 36.4 Å². The van der Waals surface area contributed by atoms with Crippen LogP contribution >= 0.6 is 0 Å². The summed E-state index contributed by atoms with van der Waals surface area (Å²) in [5.74, 6) is -2.68. The van der Waals surface area contributed by atoms with Crippen LogP contribution in [0.4, 0.5) is 5.69 Å². The van der Waals surface area contributed by atoms with Crippen molar-refractivity contribution in [3.8, 4) is 6.07 Å². The number of carbonyl (C=O) groups excluding carboxylic acids is 3. The lowest BCUT2D eigenvalue weighted by atomic mass is 9.80. The molecule has 1 saturated carbocycles. The minimum Gasteiger partial charge on any atom is -0.466 e. The molecule has 1 amide bonds. The fraction of sp³-hybridized carbons (Fsp3) is 0.259. The minimum absolute atomic E-state index is 0.0230. The molecule has 0 aromatic heterocycles. The van der Waals surface area contributed by atoms with Crippen LogP contribution in [-0.4, -0.2) is 43.0 Å². The molecule has 2 aromatic rings. The Labute approximate surface area is 208 Å². The number of anilines is 1. The number of allylic oxidation sites excluding steroid dienone is 1. The summed E-state index contributed by atoms with van der Waals surface area (Å²) < 4.78 is 10.2. The number of nitriles is 1. The number of hydrogen-bond acceptors (Lipinski definition) is 8. The Balaban J connectivity index is 1.79. The number of rotatable bonds is 5. The molecule has 0 saturated heterocycles. The van der Waals surface area contributed by atoms with Crippen LogP contribution in [-0.2, 0) is 25.6 Å². The van der Waals surface area contributed by atoms with Crippen molar-refractivity contribution in [1.82, 2.24) is 4.90 Å². The maximum Gasteiger partial charge on any atom is 0.355 e.